The zero-order chi connectivity index (χ0) is 10.7. The molecule has 2 heterocycles. The molecule has 1 aromatic rings. The fraction of sp³-hybridized carbons (Fsp3) is 0.455. The fourth-order valence-corrected chi connectivity index (χ4v) is 1.80. The molecule has 0 unspecified atom stereocenters. The number of carbonyl (C=O) groups excluding carboxylic acids is 1. The van der Waals surface area contributed by atoms with Gasteiger partial charge in [-0.05, 0) is 19.1 Å². The second-order valence-corrected chi connectivity index (χ2v) is 3.79. The first-order chi connectivity index (χ1) is 7.29. The van der Waals surface area contributed by atoms with Gasteiger partial charge in [-0.2, -0.15) is 0 Å². The summed E-state index contributed by atoms with van der Waals surface area (Å²) < 4.78 is 0. The van der Waals surface area contributed by atoms with E-state index in [1.807, 2.05) is 11.0 Å². The third kappa shape index (κ3) is 2.15. The Kier molecular flexibility index (Phi) is 2.97. The highest BCUT2D eigenvalue weighted by Gasteiger charge is 2.23. The Bertz CT molecular complexity index is 339. The summed E-state index contributed by atoms with van der Waals surface area (Å²) in [6.45, 7) is 4.57. The Hall–Kier alpha value is -1.42. The molecule has 1 saturated heterocycles. The molecule has 1 fully saturated rings. The van der Waals surface area contributed by atoms with Gasteiger partial charge in [0, 0.05) is 38.1 Å². The Morgan fingerprint density at radius 2 is 2.53 bits per heavy atom. The molecule has 4 nitrogen and oxygen atoms in total. The van der Waals surface area contributed by atoms with E-state index in [1.165, 1.54) is 0 Å². The lowest BCUT2D eigenvalue weighted by molar-refractivity contribution is 0.0655. The second kappa shape index (κ2) is 4.40. The van der Waals surface area contributed by atoms with Crippen molar-refractivity contribution in [2.75, 3.05) is 19.6 Å². The number of hydrogen-bond donors (Lipinski definition) is 1. The topological polar surface area (TPSA) is 45.2 Å². The predicted molar refractivity (Wildman–Crippen MR) is 57.6 cm³/mol. The maximum absolute atomic E-state index is 12.1. The summed E-state index contributed by atoms with van der Waals surface area (Å²) in [5.74, 6) is 0.0806. The van der Waals surface area contributed by atoms with E-state index in [0.29, 0.717) is 5.56 Å². The standard InChI is InChI=1S/C11H15N3O/c1-9-7-13-5-6-14(9)11(15)10-3-2-4-12-8-10/h2-4,8-9,13H,5-7H2,1H3/t9-/m0/s1. The van der Waals surface area contributed by atoms with Crippen molar-refractivity contribution in [3.05, 3.63) is 30.1 Å². The van der Waals surface area contributed by atoms with Crippen molar-refractivity contribution < 1.29 is 4.79 Å². The van der Waals surface area contributed by atoms with E-state index >= 15 is 0 Å². The van der Waals surface area contributed by atoms with Crippen molar-refractivity contribution in [1.29, 1.82) is 0 Å². The number of aromatic nitrogens is 1. The number of carbonyl (C=O) groups is 1. The zero-order valence-electron chi connectivity index (χ0n) is 8.81. The number of piperazine rings is 1. The first-order valence-corrected chi connectivity index (χ1v) is 5.21. The lowest BCUT2D eigenvalue weighted by Gasteiger charge is -2.33. The average Bonchev–Trinajstić information content (AvgIpc) is 2.30. The Balaban J connectivity index is 2.13. The molecule has 2 rings (SSSR count). The van der Waals surface area contributed by atoms with Crippen LogP contribution < -0.4 is 5.32 Å². The third-order valence-corrected chi connectivity index (χ3v) is 2.67. The molecule has 1 aliphatic heterocycles. The minimum atomic E-state index is 0.0806. The second-order valence-electron chi connectivity index (χ2n) is 3.79. The number of rotatable bonds is 1. The van der Waals surface area contributed by atoms with Crippen molar-refractivity contribution in [3.8, 4) is 0 Å². The van der Waals surface area contributed by atoms with Crippen molar-refractivity contribution in [3.63, 3.8) is 0 Å². The summed E-state index contributed by atoms with van der Waals surface area (Å²) in [6.07, 6.45) is 3.30. The summed E-state index contributed by atoms with van der Waals surface area (Å²) in [5.41, 5.74) is 0.672. The highest BCUT2D eigenvalue weighted by Crippen LogP contribution is 2.08. The molecule has 1 aliphatic rings. The molecule has 0 spiro atoms. The molecule has 0 saturated carbocycles. The maximum atomic E-state index is 12.1. The van der Waals surface area contributed by atoms with Crippen LogP contribution in [0.5, 0.6) is 0 Å². The lowest BCUT2D eigenvalue weighted by atomic mass is 10.1. The first-order valence-electron chi connectivity index (χ1n) is 5.21. The molecule has 0 radical (unpaired) electrons. The maximum Gasteiger partial charge on any atom is 0.255 e. The van der Waals surface area contributed by atoms with Gasteiger partial charge < -0.3 is 10.2 Å². The van der Waals surface area contributed by atoms with Gasteiger partial charge in [0.25, 0.3) is 5.91 Å². The van der Waals surface area contributed by atoms with Crippen molar-refractivity contribution in [2.24, 2.45) is 0 Å². The van der Waals surface area contributed by atoms with Gasteiger partial charge >= 0.3 is 0 Å². The van der Waals surface area contributed by atoms with Crippen LogP contribution in [0.1, 0.15) is 17.3 Å². The van der Waals surface area contributed by atoms with Gasteiger partial charge in [0.1, 0.15) is 0 Å². The van der Waals surface area contributed by atoms with Crippen molar-refractivity contribution in [2.45, 2.75) is 13.0 Å². The SMILES string of the molecule is C[C@H]1CNCCN1C(=O)c1cccnc1. The number of amides is 1. The van der Waals surface area contributed by atoms with Crippen molar-refractivity contribution >= 4 is 5.91 Å². The summed E-state index contributed by atoms with van der Waals surface area (Å²) in [4.78, 5) is 17.9. The summed E-state index contributed by atoms with van der Waals surface area (Å²) in [7, 11) is 0. The quantitative estimate of drug-likeness (QED) is 0.727. The van der Waals surface area contributed by atoms with Gasteiger partial charge in [-0.3, -0.25) is 9.78 Å². The van der Waals surface area contributed by atoms with E-state index in [9.17, 15) is 4.79 Å². The highest BCUT2D eigenvalue weighted by molar-refractivity contribution is 5.94. The molecule has 1 atom stereocenters. The van der Waals surface area contributed by atoms with Crippen molar-refractivity contribution in [1.82, 2.24) is 15.2 Å². The van der Waals surface area contributed by atoms with Crippen LogP contribution >= 0.6 is 0 Å². The van der Waals surface area contributed by atoms with Crippen LogP contribution in [0, 0.1) is 0 Å². The Labute approximate surface area is 89.3 Å². The van der Waals surface area contributed by atoms with Crippen LogP contribution in [0.25, 0.3) is 0 Å². The van der Waals surface area contributed by atoms with Gasteiger partial charge in [-0.25, -0.2) is 0 Å². The Morgan fingerprint density at radius 3 is 3.20 bits per heavy atom. The number of nitrogens with zero attached hydrogens (tertiary/aromatic N) is 2. The lowest BCUT2D eigenvalue weighted by Crippen LogP contribution is -2.52. The predicted octanol–water partition coefficient (Wildman–Crippen LogP) is 0.515. The van der Waals surface area contributed by atoms with Crippen LogP contribution in [-0.2, 0) is 0 Å². The number of nitrogens with one attached hydrogen (secondary N) is 1. The molecule has 80 valence electrons. The zero-order valence-corrected chi connectivity index (χ0v) is 8.81. The molecule has 4 heteroatoms. The molecular weight excluding hydrogens is 190 g/mol. The van der Waals surface area contributed by atoms with Crippen LogP contribution in [0.15, 0.2) is 24.5 Å². The average molecular weight is 205 g/mol. The van der Waals surface area contributed by atoms with Crippen LogP contribution in [0.4, 0.5) is 0 Å². The number of pyridine rings is 1. The minimum absolute atomic E-state index is 0.0806. The van der Waals surface area contributed by atoms with E-state index in [1.54, 1.807) is 18.5 Å². The third-order valence-electron chi connectivity index (χ3n) is 2.67. The van der Waals surface area contributed by atoms with Gasteiger partial charge in [-0.15, -0.1) is 0 Å². The van der Waals surface area contributed by atoms with E-state index in [0.717, 1.165) is 19.6 Å². The molecule has 15 heavy (non-hydrogen) atoms. The summed E-state index contributed by atoms with van der Waals surface area (Å²) in [5, 5.41) is 3.26. The molecule has 1 amide bonds. The first kappa shape index (κ1) is 10.1. The smallest absolute Gasteiger partial charge is 0.255 e. The normalized spacial score (nSPS) is 21.4. The highest BCUT2D eigenvalue weighted by atomic mass is 16.2. The molecule has 0 aliphatic carbocycles. The molecule has 1 aromatic heterocycles. The fourth-order valence-electron chi connectivity index (χ4n) is 1.80. The van der Waals surface area contributed by atoms with Crippen LogP contribution in [-0.4, -0.2) is 41.5 Å². The minimum Gasteiger partial charge on any atom is -0.333 e. The Morgan fingerprint density at radius 1 is 1.67 bits per heavy atom. The summed E-state index contributed by atoms with van der Waals surface area (Å²) >= 11 is 0. The van der Waals surface area contributed by atoms with E-state index in [4.69, 9.17) is 0 Å². The van der Waals surface area contributed by atoms with Gasteiger partial charge in [-0.1, -0.05) is 0 Å². The molecule has 0 aromatic carbocycles. The molecule has 1 N–H and O–H groups in total. The van der Waals surface area contributed by atoms with Crippen LogP contribution in [0.3, 0.4) is 0 Å². The largest absolute Gasteiger partial charge is 0.333 e. The summed E-state index contributed by atoms with van der Waals surface area (Å²) in [6, 6.07) is 3.86. The van der Waals surface area contributed by atoms with E-state index in [2.05, 4.69) is 17.2 Å². The van der Waals surface area contributed by atoms with Crippen LogP contribution in [0.2, 0.25) is 0 Å². The molecule has 0 bridgehead atoms. The molecular formula is C11H15N3O. The van der Waals surface area contributed by atoms with E-state index < -0.39 is 0 Å². The van der Waals surface area contributed by atoms with Gasteiger partial charge in [0.15, 0.2) is 0 Å². The monoisotopic (exact) mass is 205 g/mol. The van der Waals surface area contributed by atoms with E-state index in [-0.39, 0.29) is 11.9 Å². The van der Waals surface area contributed by atoms with Gasteiger partial charge in [0.2, 0.25) is 0 Å². The number of hydrogen-bond acceptors (Lipinski definition) is 3. The van der Waals surface area contributed by atoms with Gasteiger partial charge in [0.05, 0.1) is 5.56 Å².